The molecule has 2 nitrogen and oxygen atoms in total. The molecule has 0 spiro atoms. The van der Waals surface area contributed by atoms with Gasteiger partial charge in [-0.3, -0.25) is 4.79 Å². The first-order chi connectivity index (χ1) is 8.68. The minimum atomic E-state index is -0.121. The largest absolute Gasteiger partial charge is 0.316 e. The van der Waals surface area contributed by atoms with E-state index < -0.39 is 0 Å². The molecule has 1 atom stereocenters. The lowest BCUT2D eigenvalue weighted by atomic mass is 9.76. The van der Waals surface area contributed by atoms with Crippen LogP contribution < -0.4 is 5.32 Å². The molecule has 0 aliphatic carbocycles. The van der Waals surface area contributed by atoms with Crippen molar-refractivity contribution in [2.45, 2.75) is 32.6 Å². The first-order valence-electron chi connectivity index (χ1n) is 6.65. The number of hydrogen-bond donors (Lipinski definition) is 1. The Hall–Kier alpha value is -0.670. The number of halogens is 1. The van der Waals surface area contributed by atoms with Crippen molar-refractivity contribution in [3.8, 4) is 0 Å². The van der Waals surface area contributed by atoms with Crippen molar-refractivity contribution in [3.05, 3.63) is 34.3 Å². The molecule has 2 rings (SSSR count). The van der Waals surface area contributed by atoms with E-state index in [0.29, 0.717) is 12.2 Å². The molecule has 1 unspecified atom stereocenters. The van der Waals surface area contributed by atoms with Gasteiger partial charge in [-0.1, -0.05) is 47.5 Å². The first-order valence-corrected chi connectivity index (χ1v) is 7.45. The number of nitrogens with one attached hydrogen (secondary N) is 1. The monoisotopic (exact) mass is 309 g/mol. The third-order valence-corrected chi connectivity index (χ3v) is 4.65. The van der Waals surface area contributed by atoms with E-state index in [1.54, 1.807) is 0 Å². The molecule has 0 aromatic heterocycles. The third-order valence-electron chi connectivity index (χ3n) is 3.87. The van der Waals surface area contributed by atoms with Crippen LogP contribution >= 0.6 is 15.9 Å². The fourth-order valence-electron chi connectivity index (χ4n) is 2.82. The summed E-state index contributed by atoms with van der Waals surface area (Å²) in [6.07, 6.45) is 3.61. The van der Waals surface area contributed by atoms with Crippen LogP contribution in [0.5, 0.6) is 0 Å². The van der Waals surface area contributed by atoms with Crippen LogP contribution in [0.1, 0.15) is 31.7 Å². The van der Waals surface area contributed by atoms with Gasteiger partial charge in [0, 0.05) is 22.9 Å². The average molecular weight is 310 g/mol. The summed E-state index contributed by atoms with van der Waals surface area (Å²) in [4.78, 5) is 12.6. The predicted molar refractivity (Wildman–Crippen MR) is 77.7 cm³/mol. The SMILES string of the molecule is CCCC1(C(=O)Cc2ccccc2Br)CCNC1. The van der Waals surface area contributed by atoms with Gasteiger partial charge >= 0.3 is 0 Å². The number of ketones is 1. The van der Waals surface area contributed by atoms with Crippen LogP contribution in [-0.2, 0) is 11.2 Å². The molecule has 1 aliphatic heterocycles. The van der Waals surface area contributed by atoms with Crippen molar-refractivity contribution >= 4 is 21.7 Å². The molecular formula is C15H20BrNO. The zero-order valence-corrected chi connectivity index (χ0v) is 12.4. The van der Waals surface area contributed by atoms with Crippen molar-refractivity contribution in [1.82, 2.24) is 5.32 Å². The fraction of sp³-hybridized carbons (Fsp3) is 0.533. The highest BCUT2D eigenvalue weighted by Gasteiger charge is 2.39. The van der Waals surface area contributed by atoms with Gasteiger partial charge in [0.1, 0.15) is 5.78 Å². The second-order valence-electron chi connectivity index (χ2n) is 5.15. The van der Waals surface area contributed by atoms with Crippen molar-refractivity contribution in [3.63, 3.8) is 0 Å². The van der Waals surface area contributed by atoms with Crippen LogP contribution in [0.3, 0.4) is 0 Å². The molecule has 0 radical (unpaired) electrons. The number of carbonyl (C=O) groups excluding carboxylic acids is 1. The Morgan fingerprint density at radius 2 is 2.22 bits per heavy atom. The topological polar surface area (TPSA) is 29.1 Å². The van der Waals surface area contributed by atoms with Crippen molar-refractivity contribution in [1.29, 1.82) is 0 Å². The highest BCUT2D eigenvalue weighted by atomic mass is 79.9. The molecule has 1 N–H and O–H groups in total. The number of hydrogen-bond acceptors (Lipinski definition) is 2. The molecule has 0 amide bonds. The summed E-state index contributed by atoms with van der Waals surface area (Å²) in [6, 6.07) is 8.01. The summed E-state index contributed by atoms with van der Waals surface area (Å²) in [5.41, 5.74) is 0.981. The molecule has 18 heavy (non-hydrogen) atoms. The van der Waals surface area contributed by atoms with E-state index in [9.17, 15) is 4.79 Å². The number of carbonyl (C=O) groups is 1. The Kier molecular flexibility index (Phi) is 4.57. The molecule has 98 valence electrons. The van der Waals surface area contributed by atoms with E-state index in [4.69, 9.17) is 0 Å². The van der Waals surface area contributed by atoms with E-state index in [1.807, 2.05) is 24.3 Å². The summed E-state index contributed by atoms with van der Waals surface area (Å²) in [5, 5.41) is 3.35. The molecule has 0 bridgehead atoms. The fourth-order valence-corrected chi connectivity index (χ4v) is 3.24. The van der Waals surface area contributed by atoms with Crippen LogP contribution in [-0.4, -0.2) is 18.9 Å². The summed E-state index contributed by atoms with van der Waals surface area (Å²) in [6.45, 7) is 3.98. The lowest BCUT2D eigenvalue weighted by Gasteiger charge is -2.26. The Labute approximate surface area is 117 Å². The lowest BCUT2D eigenvalue weighted by molar-refractivity contribution is -0.127. The maximum Gasteiger partial charge on any atom is 0.144 e. The van der Waals surface area contributed by atoms with Gasteiger partial charge in [0.25, 0.3) is 0 Å². The summed E-state index contributed by atoms with van der Waals surface area (Å²) < 4.78 is 1.04. The number of rotatable bonds is 5. The number of benzene rings is 1. The molecule has 1 aliphatic rings. The molecule has 1 aromatic carbocycles. The third kappa shape index (κ3) is 2.83. The Balaban J connectivity index is 2.13. The van der Waals surface area contributed by atoms with E-state index in [1.165, 1.54) is 0 Å². The lowest BCUT2D eigenvalue weighted by Crippen LogP contribution is -2.34. The highest BCUT2D eigenvalue weighted by Crippen LogP contribution is 2.34. The maximum absolute atomic E-state index is 12.6. The second kappa shape index (κ2) is 5.98. The van der Waals surface area contributed by atoms with Gasteiger partial charge in [-0.05, 0) is 31.0 Å². The normalized spacial score (nSPS) is 23.2. The van der Waals surface area contributed by atoms with Crippen molar-refractivity contribution < 1.29 is 4.79 Å². The highest BCUT2D eigenvalue weighted by molar-refractivity contribution is 9.10. The molecule has 3 heteroatoms. The molecule has 1 heterocycles. The standard InChI is InChI=1S/C15H20BrNO/c1-2-7-15(8-9-17-11-15)14(18)10-12-5-3-4-6-13(12)16/h3-6,17H,2,7-11H2,1H3. The summed E-state index contributed by atoms with van der Waals surface area (Å²) in [5.74, 6) is 0.390. The van der Waals surface area contributed by atoms with E-state index in [-0.39, 0.29) is 5.41 Å². The van der Waals surface area contributed by atoms with Crippen LogP contribution in [0.25, 0.3) is 0 Å². The Morgan fingerprint density at radius 1 is 1.44 bits per heavy atom. The van der Waals surface area contributed by atoms with Gasteiger partial charge in [0.2, 0.25) is 0 Å². The van der Waals surface area contributed by atoms with E-state index >= 15 is 0 Å². The van der Waals surface area contributed by atoms with Gasteiger partial charge in [-0.15, -0.1) is 0 Å². The summed E-state index contributed by atoms with van der Waals surface area (Å²) in [7, 11) is 0. The molecule has 1 fully saturated rings. The van der Waals surface area contributed by atoms with Gasteiger partial charge in [0.15, 0.2) is 0 Å². The van der Waals surface area contributed by atoms with Gasteiger partial charge < -0.3 is 5.32 Å². The zero-order valence-electron chi connectivity index (χ0n) is 10.8. The quantitative estimate of drug-likeness (QED) is 0.904. The van der Waals surface area contributed by atoms with Crippen LogP contribution in [0.15, 0.2) is 28.7 Å². The Bertz CT molecular complexity index is 424. The second-order valence-corrected chi connectivity index (χ2v) is 6.00. The Morgan fingerprint density at radius 3 is 2.83 bits per heavy atom. The molecule has 0 saturated carbocycles. The minimum Gasteiger partial charge on any atom is -0.316 e. The van der Waals surface area contributed by atoms with Crippen LogP contribution in [0.4, 0.5) is 0 Å². The minimum absolute atomic E-state index is 0.121. The van der Waals surface area contributed by atoms with Gasteiger partial charge in [-0.25, -0.2) is 0 Å². The van der Waals surface area contributed by atoms with E-state index in [0.717, 1.165) is 42.4 Å². The van der Waals surface area contributed by atoms with Crippen LogP contribution in [0.2, 0.25) is 0 Å². The number of Topliss-reactive ketones (excluding diaryl/α,β-unsaturated/α-hetero) is 1. The predicted octanol–water partition coefficient (Wildman–Crippen LogP) is 3.34. The summed E-state index contributed by atoms with van der Waals surface area (Å²) >= 11 is 3.52. The van der Waals surface area contributed by atoms with Crippen LogP contribution in [0, 0.1) is 5.41 Å². The smallest absolute Gasteiger partial charge is 0.144 e. The zero-order chi connectivity index (χ0) is 13.0. The molecular weight excluding hydrogens is 290 g/mol. The molecule has 1 aromatic rings. The van der Waals surface area contributed by atoms with E-state index in [2.05, 4.69) is 28.2 Å². The van der Waals surface area contributed by atoms with Gasteiger partial charge in [-0.2, -0.15) is 0 Å². The average Bonchev–Trinajstić information content (AvgIpc) is 2.82. The van der Waals surface area contributed by atoms with Crippen molar-refractivity contribution in [2.24, 2.45) is 5.41 Å². The maximum atomic E-state index is 12.6. The molecule has 1 saturated heterocycles. The van der Waals surface area contributed by atoms with Crippen molar-refractivity contribution in [2.75, 3.05) is 13.1 Å². The first kappa shape index (κ1) is 13.8. The van der Waals surface area contributed by atoms with Gasteiger partial charge in [0.05, 0.1) is 0 Å².